The number of amides is 2. The molecule has 1 atom stereocenters. The molecule has 1 aromatic carbocycles. The van der Waals surface area contributed by atoms with Crippen molar-refractivity contribution >= 4 is 23.3 Å². The number of aliphatic hydroxyl groups excluding tert-OH is 1. The monoisotopic (exact) mass is 355 g/mol. The molecule has 0 aromatic heterocycles. The minimum absolute atomic E-state index is 0.241. The standard InChI is InChI=1S/C17H26ClN3O3/c1-24-16-7-6-13(11-15(16)18)20-17(23)19-8-2-3-9-21-10-4-5-14(21)12-22/h6-7,11,14,22H,2-5,8-10,12H2,1H3,(H2,19,20,23). The minimum Gasteiger partial charge on any atom is -0.495 e. The zero-order valence-electron chi connectivity index (χ0n) is 14.1. The highest BCUT2D eigenvalue weighted by Gasteiger charge is 2.22. The van der Waals surface area contributed by atoms with Crippen molar-refractivity contribution < 1.29 is 14.6 Å². The number of ether oxygens (including phenoxy) is 1. The molecule has 3 N–H and O–H groups in total. The third-order valence-corrected chi connectivity index (χ3v) is 4.57. The summed E-state index contributed by atoms with van der Waals surface area (Å²) in [5, 5.41) is 15.3. The number of carbonyl (C=O) groups is 1. The van der Waals surface area contributed by atoms with Crippen molar-refractivity contribution in [3.05, 3.63) is 23.2 Å². The molecule has 134 valence electrons. The Morgan fingerprint density at radius 1 is 1.46 bits per heavy atom. The summed E-state index contributed by atoms with van der Waals surface area (Å²) < 4.78 is 5.07. The molecular formula is C17H26ClN3O3. The first-order valence-corrected chi connectivity index (χ1v) is 8.75. The molecule has 0 aliphatic carbocycles. The van der Waals surface area contributed by atoms with E-state index in [1.807, 2.05) is 0 Å². The van der Waals surface area contributed by atoms with Gasteiger partial charge in [0, 0.05) is 18.3 Å². The number of unbranched alkanes of at least 4 members (excludes halogenated alkanes) is 1. The van der Waals surface area contributed by atoms with E-state index in [2.05, 4.69) is 15.5 Å². The lowest BCUT2D eigenvalue weighted by atomic mass is 10.2. The summed E-state index contributed by atoms with van der Waals surface area (Å²) in [5.74, 6) is 0.575. The van der Waals surface area contributed by atoms with Gasteiger partial charge in [0.15, 0.2) is 0 Å². The van der Waals surface area contributed by atoms with Crippen LogP contribution in [0.3, 0.4) is 0 Å². The van der Waals surface area contributed by atoms with Gasteiger partial charge in [-0.25, -0.2) is 4.79 Å². The summed E-state index contributed by atoms with van der Waals surface area (Å²) in [6.07, 6.45) is 4.16. The second kappa shape index (κ2) is 9.71. The van der Waals surface area contributed by atoms with Gasteiger partial charge >= 0.3 is 6.03 Å². The number of benzene rings is 1. The first kappa shape index (κ1) is 18.8. The number of nitrogens with zero attached hydrogens (tertiary/aromatic N) is 1. The highest BCUT2D eigenvalue weighted by molar-refractivity contribution is 6.32. The molecule has 1 heterocycles. The van der Waals surface area contributed by atoms with Gasteiger partial charge in [0.1, 0.15) is 5.75 Å². The number of nitrogens with one attached hydrogen (secondary N) is 2. The van der Waals surface area contributed by atoms with E-state index in [9.17, 15) is 9.90 Å². The van der Waals surface area contributed by atoms with Gasteiger partial charge in [0.05, 0.1) is 18.7 Å². The molecule has 1 saturated heterocycles. The summed E-state index contributed by atoms with van der Waals surface area (Å²) >= 11 is 6.03. The van der Waals surface area contributed by atoms with Crippen molar-refractivity contribution in [3.8, 4) is 5.75 Å². The number of carbonyl (C=O) groups excluding carboxylic acids is 1. The fourth-order valence-electron chi connectivity index (χ4n) is 2.96. The number of likely N-dealkylation sites (tertiary alicyclic amines) is 1. The number of urea groups is 1. The predicted molar refractivity (Wildman–Crippen MR) is 95.9 cm³/mol. The summed E-state index contributed by atoms with van der Waals surface area (Å²) in [5.41, 5.74) is 0.626. The Kier molecular flexibility index (Phi) is 7.62. The second-order valence-electron chi connectivity index (χ2n) is 5.95. The van der Waals surface area contributed by atoms with Crippen LogP contribution in [-0.4, -0.2) is 55.4 Å². The first-order chi connectivity index (χ1) is 11.6. The maximum Gasteiger partial charge on any atom is 0.319 e. The number of rotatable bonds is 8. The molecule has 0 spiro atoms. The Balaban J connectivity index is 1.62. The van der Waals surface area contributed by atoms with Crippen LogP contribution in [0.4, 0.5) is 10.5 Å². The SMILES string of the molecule is COc1ccc(NC(=O)NCCCCN2CCCC2CO)cc1Cl. The van der Waals surface area contributed by atoms with E-state index >= 15 is 0 Å². The van der Waals surface area contributed by atoms with E-state index in [1.54, 1.807) is 25.3 Å². The van der Waals surface area contributed by atoms with Crippen LogP contribution in [0, 0.1) is 0 Å². The average Bonchev–Trinajstić information content (AvgIpc) is 3.02. The number of hydrogen-bond acceptors (Lipinski definition) is 4. The molecule has 1 aliphatic rings. The van der Waals surface area contributed by atoms with Crippen LogP contribution in [0.2, 0.25) is 5.02 Å². The molecule has 0 bridgehead atoms. The summed E-state index contributed by atoms with van der Waals surface area (Å²) in [6.45, 7) is 2.90. The van der Waals surface area contributed by atoms with Crippen LogP contribution in [-0.2, 0) is 0 Å². The normalized spacial score (nSPS) is 17.7. The maximum atomic E-state index is 11.9. The van der Waals surface area contributed by atoms with Gasteiger partial charge in [-0.05, 0) is 57.0 Å². The molecule has 2 amide bonds. The van der Waals surface area contributed by atoms with Gasteiger partial charge in [-0.3, -0.25) is 4.90 Å². The number of aliphatic hydroxyl groups is 1. The van der Waals surface area contributed by atoms with Gasteiger partial charge < -0.3 is 20.5 Å². The Morgan fingerprint density at radius 3 is 3.00 bits per heavy atom. The lowest BCUT2D eigenvalue weighted by Gasteiger charge is -2.22. The number of halogens is 1. The van der Waals surface area contributed by atoms with Crippen molar-refractivity contribution in [2.75, 3.05) is 38.7 Å². The van der Waals surface area contributed by atoms with Crippen molar-refractivity contribution in [1.29, 1.82) is 0 Å². The summed E-state index contributed by atoms with van der Waals surface area (Å²) in [7, 11) is 1.55. The quantitative estimate of drug-likeness (QED) is 0.627. The van der Waals surface area contributed by atoms with Crippen molar-refractivity contribution in [2.45, 2.75) is 31.7 Å². The average molecular weight is 356 g/mol. The van der Waals surface area contributed by atoms with Crippen molar-refractivity contribution in [1.82, 2.24) is 10.2 Å². The summed E-state index contributed by atoms with van der Waals surface area (Å²) in [6, 6.07) is 5.19. The molecule has 1 aromatic rings. The second-order valence-corrected chi connectivity index (χ2v) is 6.36. The molecule has 7 heteroatoms. The number of methoxy groups -OCH3 is 1. The molecule has 24 heavy (non-hydrogen) atoms. The molecule has 2 rings (SSSR count). The fraction of sp³-hybridized carbons (Fsp3) is 0.588. The largest absolute Gasteiger partial charge is 0.495 e. The Labute approximate surface area is 148 Å². The predicted octanol–water partition coefficient (Wildman–Crippen LogP) is 2.71. The molecule has 1 unspecified atom stereocenters. The lowest BCUT2D eigenvalue weighted by molar-refractivity contribution is 0.157. The topological polar surface area (TPSA) is 73.8 Å². The van der Waals surface area contributed by atoms with Gasteiger partial charge in [0.25, 0.3) is 0 Å². The van der Waals surface area contributed by atoms with Crippen LogP contribution in [0.15, 0.2) is 18.2 Å². The number of hydrogen-bond donors (Lipinski definition) is 3. The third-order valence-electron chi connectivity index (χ3n) is 4.28. The maximum absolute atomic E-state index is 11.9. The van der Waals surface area contributed by atoms with Crippen molar-refractivity contribution in [2.24, 2.45) is 0 Å². The van der Waals surface area contributed by atoms with Gasteiger partial charge in [-0.1, -0.05) is 11.6 Å². The number of anilines is 1. The highest BCUT2D eigenvalue weighted by atomic mass is 35.5. The van der Waals surface area contributed by atoms with Crippen molar-refractivity contribution in [3.63, 3.8) is 0 Å². The smallest absolute Gasteiger partial charge is 0.319 e. The molecule has 0 radical (unpaired) electrons. The zero-order valence-corrected chi connectivity index (χ0v) is 14.8. The molecule has 0 saturated carbocycles. The zero-order chi connectivity index (χ0) is 17.4. The van der Waals surface area contributed by atoms with E-state index in [1.165, 1.54) is 0 Å². The third kappa shape index (κ3) is 5.54. The van der Waals surface area contributed by atoms with Crippen LogP contribution >= 0.6 is 11.6 Å². The lowest BCUT2D eigenvalue weighted by Crippen LogP contribution is -2.34. The van der Waals surface area contributed by atoms with Crippen LogP contribution in [0.1, 0.15) is 25.7 Å². The minimum atomic E-state index is -0.245. The Hall–Kier alpha value is -1.50. The van der Waals surface area contributed by atoms with E-state index in [0.717, 1.165) is 38.8 Å². The van der Waals surface area contributed by atoms with E-state index in [4.69, 9.17) is 16.3 Å². The fourth-order valence-corrected chi connectivity index (χ4v) is 3.22. The molecule has 1 aliphatic heterocycles. The van der Waals surface area contributed by atoms with Gasteiger partial charge in [-0.2, -0.15) is 0 Å². The van der Waals surface area contributed by atoms with E-state index in [0.29, 0.717) is 29.0 Å². The van der Waals surface area contributed by atoms with Crippen LogP contribution in [0.25, 0.3) is 0 Å². The van der Waals surface area contributed by atoms with Gasteiger partial charge in [0.2, 0.25) is 0 Å². The van der Waals surface area contributed by atoms with Gasteiger partial charge in [-0.15, -0.1) is 0 Å². The van der Waals surface area contributed by atoms with Crippen LogP contribution in [0.5, 0.6) is 5.75 Å². The highest BCUT2D eigenvalue weighted by Crippen LogP contribution is 2.27. The molecule has 6 nitrogen and oxygen atoms in total. The van der Waals surface area contributed by atoms with Crippen LogP contribution < -0.4 is 15.4 Å². The Bertz CT molecular complexity index is 542. The molecule has 1 fully saturated rings. The van der Waals surface area contributed by atoms with E-state index in [-0.39, 0.29) is 12.6 Å². The molecular weight excluding hydrogens is 330 g/mol. The Morgan fingerprint density at radius 2 is 2.29 bits per heavy atom. The first-order valence-electron chi connectivity index (χ1n) is 8.37. The van der Waals surface area contributed by atoms with E-state index < -0.39 is 0 Å². The summed E-state index contributed by atoms with van der Waals surface area (Å²) in [4.78, 5) is 14.2.